The molecule has 0 aliphatic carbocycles. The molecule has 1 aliphatic rings. The Balaban J connectivity index is 1.75. The fourth-order valence-corrected chi connectivity index (χ4v) is 4.19. The first-order chi connectivity index (χ1) is 14.0. The van der Waals surface area contributed by atoms with Crippen molar-refractivity contribution in [2.24, 2.45) is 0 Å². The Labute approximate surface area is 174 Å². The summed E-state index contributed by atoms with van der Waals surface area (Å²) in [6.07, 6.45) is 6.02. The second-order valence-electron chi connectivity index (χ2n) is 8.06. The first kappa shape index (κ1) is 21.1. The van der Waals surface area contributed by atoms with Crippen LogP contribution >= 0.6 is 0 Å². The molecule has 0 radical (unpaired) electrons. The molecule has 0 saturated carbocycles. The molecule has 0 aromatic heterocycles. The third-order valence-electron chi connectivity index (χ3n) is 6.10. The number of benzene rings is 2. The van der Waals surface area contributed by atoms with Gasteiger partial charge in [0.25, 0.3) is 0 Å². The molecule has 2 aromatic carbocycles. The molecule has 4 heteroatoms. The minimum absolute atomic E-state index is 0.0191. The maximum Gasteiger partial charge on any atom is 0.235 e. The molecule has 29 heavy (non-hydrogen) atoms. The number of rotatable bonds is 7. The third kappa shape index (κ3) is 5.06. The number of carbonyl (C=O) groups is 2. The lowest BCUT2D eigenvalue weighted by Gasteiger charge is -2.40. The Bertz CT molecular complexity index is 806. The Kier molecular flexibility index (Phi) is 7.08. The van der Waals surface area contributed by atoms with Crippen LogP contribution in [0.25, 0.3) is 0 Å². The van der Waals surface area contributed by atoms with Crippen molar-refractivity contribution < 1.29 is 9.59 Å². The predicted octanol–water partition coefficient (Wildman–Crippen LogP) is 4.94. The van der Waals surface area contributed by atoms with E-state index in [1.807, 2.05) is 47.4 Å². The van der Waals surface area contributed by atoms with E-state index >= 15 is 0 Å². The van der Waals surface area contributed by atoms with Crippen LogP contribution in [0.15, 0.2) is 54.6 Å². The Morgan fingerprint density at radius 2 is 1.62 bits per heavy atom. The van der Waals surface area contributed by atoms with E-state index in [1.54, 1.807) is 6.92 Å². The minimum Gasteiger partial charge on any atom is -0.343 e. The van der Waals surface area contributed by atoms with Crippen molar-refractivity contribution >= 4 is 17.5 Å². The maximum atomic E-state index is 13.4. The van der Waals surface area contributed by atoms with Crippen LogP contribution in [0.1, 0.15) is 57.1 Å². The van der Waals surface area contributed by atoms with E-state index in [1.165, 1.54) is 24.8 Å². The van der Waals surface area contributed by atoms with Crippen molar-refractivity contribution in [3.05, 3.63) is 65.7 Å². The maximum absolute atomic E-state index is 13.4. The fraction of sp³-hybridized carbons (Fsp3) is 0.440. The van der Waals surface area contributed by atoms with E-state index in [0.717, 1.165) is 17.7 Å². The molecule has 1 N–H and O–H groups in total. The predicted molar refractivity (Wildman–Crippen MR) is 118 cm³/mol. The van der Waals surface area contributed by atoms with Gasteiger partial charge in [0, 0.05) is 25.7 Å². The summed E-state index contributed by atoms with van der Waals surface area (Å²) in [7, 11) is 0. The summed E-state index contributed by atoms with van der Waals surface area (Å²) in [4.78, 5) is 27.0. The van der Waals surface area contributed by atoms with Gasteiger partial charge in [-0.15, -0.1) is 0 Å². The Morgan fingerprint density at radius 1 is 0.966 bits per heavy atom. The number of hydrogen-bond donors (Lipinski definition) is 1. The lowest BCUT2D eigenvalue weighted by atomic mass is 9.72. The SMILES string of the molecule is CCCCCc1ccc(NC(=O)C2(c3ccccc3)CCN(C(C)=O)CC2)cc1. The standard InChI is InChI=1S/C25H32N2O2/c1-3-4-6-9-21-12-14-23(15-13-21)26-24(29)25(22-10-7-5-8-11-22)16-18-27(19-17-25)20(2)28/h5,7-8,10-15H,3-4,6,9,16-19H2,1-2H3,(H,26,29). The zero-order valence-electron chi connectivity index (χ0n) is 17.6. The third-order valence-corrected chi connectivity index (χ3v) is 6.10. The van der Waals surface area contributed by atoms with Crippen molar-refractivity contribution in [3.63, 3.8) is 0 Å². The van der Waals surface area contributed by atoms with Gasteiger partial charge in [-0.3, -0.25) is 9.59 Å². The number of amides is 2. The number of carbonyl (C=O) groups excluding carboxylic acids is 2. The molecule has 1 saturated heterocycles. The fourth-order valence-electron chi connectivity index (χ4n) is 4.19. The molecule has 3 rings (SSSR count). The summed E-state index contributed by atoms with van der Waals surface area (Å²) < 4.78 is 0. The van der Waals surface area contributed by atoms with E-state index in [2.05, 4.69) is 24.4 Å². The molecule has 0 unspecified atom stereocenters. The van der Waals surface area contributed by atoms with Gasteiger partial charge in [-0.1, -0.05) is 62.2 Å². The van der Waals surface area contributed by atoms with Crippen molar-refractivity contribution in [2.75, 3.05) is 18.4 Å². The number of unbranched alkanes of at least 4 members (excludes halogenated alkanes) is 2. The second-order valence-corrected chi connectivity index (χ2v) is 8.06. The van der Waals surface area contributed by atoms with Crippen molar-refractivity contribution in [1.82, 2.24) is 4.90 Å². The second kappa shape index (κ2) is 9.73. The number of likely N-dealkylation sites (tertiary alicyclic amines) is 1. The van der Waals surface area contributed by atoms with Crippen LogP contribution < -0.4 is 5.32 Å². The van der Waals surface area contributed by atoms with Crippen LogP contribution in [0.4, 0.5) is 5.69 Å². The van der Waals surface area contributed by atoms with Gasteiger partial charge in [0.15, 0.2) is 0 Å². The van der Waals surface area contributed by atoms with Gasteiger partial charge in [0.1, 0.15) is 0 Å². The highest BCUT2D eigenvalue weighted by Crippen LogP contribution is 2.37. The smallest absolute Gasteiger partial charge is 0.235 e. The largest absolute Gasteiger partial charge is 0.343 e. The molecule has 2 aromatic rings. The molecule has 154 valence electrons. The van der Waals surface area contributed by atoms with Crippen LogP contribution in [0.3, 0.4) is 0 Å². The average molecular weight is 393 g/mol. The molecule has 2 amide bonds. The Hall–Kier alpha value is -2.62. The molecule has 4 nitrogen and oxygen atoms in total. The van der Waals surface area contributed by atoms with Crippen LogP contribution in [0, 0.1) is 0 Å². The summed E-state index contributed by atoms with van der Waals surface area (Å²) in [5.74, 6) is 0.0939. The Morgan fingerprint density at radius 3 is 2.21 bits per heavy atom. The minimum atomic E-state index is -0.604. The van der Waals surface area contributed by atoms with Gasteiger partial charge in [-0.25, -0.2) is 0 Å². The molecule has 0 atom stereocenters. The molecular formula is C25H32N2O2. The molecular weight excluding hydrogens is 360 g/mol. The molecule has 0 bridgehead atoms. The van der Waals surface area contributed by atoms with Crippen molar-refractivity contribution in [2.45, 2.75) is 57.8 Å². The van der Waals surface area contributed by atoms with E-state index in [4.69, 9.17) is 0 Å². The number of nitrogens with one attached hydrogen (secondary N) is 1. The van der Waals surface area contributed by atoms with Gasteiger partial charge in [0.05, 0.1) is 5.41 Å². The molecule has 1 fully saturated rings. The van der Waals surface area contributed by atoms with Gasteiger partial charge < -0.3 is 10.2 Å². The number of aryl methyl sites for hydroxylation is 1. The zero-order valence-corrected chi connectivity index (χ0v) is 17.6. The highest BCUT2D eigenvalue weighted by atomic mass is 16.2. The number of piperidine rings is 1. The highest BCUT2D eigenvalue weighted by Gasteiger charge is 2.43. The molecule has 1 aliphatic heterocycles. The van der Waals surface area contributed by atoms with Gasteiger partial charge >= 0.3 is 0 Å². The average Bonchev–Trinajstić information content (AvgIpc) is 2.75. The van der Waals surface area contributed by atoms with Gasteiger partial charge in [-0.05, 0) is 48.9 Å². The van der Waals surface area contributed by atoms with E-state index in [-0.39, 0.29) is 11.8 Å². The molecule has 0 spiro atoms. The van der Waals surface area contributed by atoms with Crippen molar-refractivity contribution in [1.29, 1.82) is 0 Å². The van der Waals surface area contributed by atoms with E-state index < -0.39 is 5.41 Å². The lowest BCUT2D eigenvalue weighted by molar-refractivity contribution is -0.133. The van der Waals surface area contributed by atoms with Crippen LogP contribution in [-0.4, -0.2) is 29.8 Å². The monoisotopic (exact) mass is 392 g/mol. The van der Waals surface area contributed by atoms with Gasteiger partial charge in [-0.2, -0.15) is 0 Å². The van der Waals surface area contributed by atoms with Crippen LogP contribution in [-0.2, 0) is 21.4 Å². The summed E-state index contributed by atoms with van der Waals surface area (Å²) in [6, 6.07) is 18.2. The number of hydrogen-bond acceptors (Lipinski definition) is 2. The van der Waals surface area contributed by atoms with E-state index in [0.29, 0.717) is 25.9 Å². The van der Waals surface area contributed by atoms with Gasteiger partial charge in [0.2, 0.25) is 11.8 Å². The lowest BCUT2D eigenvalue weighted by Crippen LogP contribution is -2.50. The summed E-state index contributed by atoms with van der Waals surface area (Å²) >= 11 is 0. The first-order valence-electron chi connectivity index (χ1n) is 10.8. The quantitative estimate of drug-likeness (QED) is 0.679. The highest BCUT2D eigenvalue weighted by molar-refractivity contribution is 5.99. The zero-order chi connectivity index (χ0) is 20.7. The first-order valence-corrected chi connectivity index (χ1v) is 10.8. The normalized spacial score (nSPS) is 15.7. The van der Waals surface area contributed by atoms with Crippen molar-refractivity contribution in [3.8, 4) is 0 Å². The molecule has 1 heterocycles. The summed E-state index contributed by atoms with van der Waals surface area (Å²) in [5, 5.41) is 3.15. The number of nitrogens with zero attached hydrogens (tertiary/aromatic N) is 1. The topological polar surface area (TPSA) is 49.4 Å². The van der Waals surface area contributed by atoms with E-state index in [9.17, 15) is 9.59 Å². The number of anilines is 1. The summed E-state index contributed by atoms with van der Waals surface area (Å²) in [6.45, 7) is 5.02. The summed E-state index contributed by atoms with van der Waals surface area (Å²) in [5.41, 5.74) is 2.56. The van der Waals surface area contributed by atoms with Crippen LogP contribution in [0.2, 0.25) is 0 Å². The van der Waals surface area contributed by atoms with Crippen LogP contribution in [0.5, 0.6) is 0 Å².